The van der Waals surface area contributed by atoms with Gasteiger partial charge in [-0.2, -0.15) is 0 Å². The normalized spacial score (nSPS) is 10.9. The van der Waals surface area contributed by atoms with Gasteiger partial charge in [0.25, 0.3) is 0 Å². The van der Waals surface area contributed by atoms with Gasteiger partial charge in [-0.15, -0.1) is 0 Å². The maximum atomic E-state index is 10.0. The van der Waals surface area contributed by atoms with E-state index in [4.69, 9.17) is 9.47 Å². The van der Waals surface area contributed by atoms with Gasteiger partial charge < -0.3 is 14.6 Å². The first-order valence-corrected chi connectivity index (χ1v) is 6.61. The number of hydrogen-bond donors (Lipinski definition) is 1. The van der Waals surface area contributed by atoms with Crippen LogP contribution in [-0.2, 0) is 0 Å². The van der Waals surface area contributed by atoms with E-state index in [1.165, 1.54) is 0 Å². The van der Waals surface area contributed by atoms with Crippen molar-refractivity contribution < 1.29 is 14.6 Å². The van der Waals surface area contributed by atoms with Crippen molar-refractivity contribution in [3.63, 3.8) is 0 Å². The molecule has 0 aromatic heterocycles. The fourth-order valence-electron chi connectivity index (χ4n) is 2.11. The Balaban J connectivity index is 2.34. The van der Waals surface area contributed by atoms with Crippen molar-refractivity contribution in [2.24, 2.45) is 4.99 Å². The van der Waals surface area contributed by atoms with Crippen LogP contribution in [0.25, 0.3) is 0 Å². The second-order valence-electron chi connectivity index (χ2n) is 4.82. The Morgan fingerprint density at radius 3 is 2.38 bits per heavy atom. The van der Waals surface area contributed by atoms with Gasteiger partial charge in [0, 0.05) is 6.21 Å². The molecule has 0 amide bonds. The number of aryl methyl sites for hydroxylation is 2. The number of aliphatic imine (C=N–C) groups is 1. The molecule has 0 bridgehead atoms. The molecular weight excluding hydrogens is 266 g/mol. The summed E-state index contributed by atoms with van der Waals surface area (Å²) in [6.45, 7) is 3.83. The van der Waals surface area contributed by atoms with Crippen molar-refractivity contribution in [2.45, 2.75) is 13.8 Å². The number of phenols is 1. The molecule has 2 aromatic carbocycles. The Morgan fingerprint density at radius 1 is 1.00 bits per heavy atom. The number of rotatable bonds is 4. The summed E-state index contributed by atoms with van der Waals surface area (Å²) < 4.78 is 10.4. The summed E-state index contributed by atoms with van der Waals surface area (Å²) in [6, 6.07) is 9.30. The van der Waals surface area contributed by atoms with Crippen molar-refractivity contribution in [1.82, 2.24) is 0 Å². The van der Waals surface area contributed by atoms with Crippen LogP contribution in [0.3, 0.4) is 0 Å². The number of methoxy groups -OCH3 is 2. The molecule has 21 heavy (non-hydrogen) atoms. The fourth-order valence-corrected chi connectivity index (χ4v) is 2.11. The van der Waals surface area contributed by atoms with Gasteiger partial charge in [-0.25, -0.2) is 0 Å². The highest BCUT2D eigenvalue weighted by Gasteiger charge is 2.05. The van der Waals surface area contributed by atoms with Crippen LogP contribution in [0.15, 0.2) is 35.3 Å². The van der Waals surface area contributed by atoms with Gasteiger partial charge in [0.15, 0.2) is 11.5 Å². The Labute approximate surface area is 124 Å². The molecule has 0 atom stereocenters. The lowest BCUT2D eigenvalue weighted by Gasteiger charge is -2.08. The van der Waals surface area contributed by atoms with Crippen LogP contribution in [0.4, 0.5) is 5.69 Å². The smallest absolute Gasteiger partial charge is 0.161 e. The van der Waals surface area contributed by atoms with E-state index >= 15 is 0 Å². The van der Waals surface area contributed by atoms with Crippen molar-refractivity contribution in [2.75, 3.05) is 14.2 Å². The SMILES string of the molecule is COc1ccc(C=Nc2cc(C)cc(C)c2O)cc1OC. The van der Waals surface area contributed by atoms with Crippen LogP contribution in [0.5, 0.6) is 17.2 Å². The lowest BCUT2D eigenvalue weighted by Crippen LogP contribution is -1.92. The number of hydrogen-bond acceptors (Lipinski definition) is 4. The molecular formula is C17H19NO3. The van der Waals surface area contributed by atoms with E-state index in [-0.39, 0.29) is 5.75 Å². The summed E-state index contributed by atoms with van der Waals surface area (Å²) in [4.78, 5) is 4.36. The molecule has 2 aromatic rings. The summed E-state index contributed by atoms with van der Waals surface area (Å²) in [7, 11) is 3.19. The third-order valence-electron chi connectivity index (χ3n) is 3.19. The van der Waals surface area contributed by atoms with Crippen molar-refractivity contribution in [3.8, 4) is 17.2 Å². The van der Waals surface area contributed by atoms with Crippen LogP contribution in [0.2, 0.25) is 0 Å². The molecule has 0 unspecified atom stereocenters. The summed E-state index contributed by atoms with van der Waals surface area (Å²) in [5.41, 5.74) is 3.30. The van der Waals surface area contributed by atoms with Gasteiger partial charge in [-0.05, 0) is 54.8 Å². The molecule has 0 aliphatic heterocycles. The first-order chi connectivity index (χ1) is 10.0. The lowest BCUT2D eigenvalue weighted by atomic mass is 10.1. The monoisotopic (exact) mass is 285 g/mol. The number of aromatic hydroxyl groups is 1. The fraction of sp³-hybridized carbons (Fsp3) is 0.235. The summed E-state index contributed by atoms with van der Waals surface area (Å²) in [6.07, 6.45) is 1.69. The third-order valence-corrected chi connectivity index (χ3v) is 3.19. The number of benzene rings is 2. The molecule has 0 saturated carbocycles. The molecule has 0 heterocycles. The average Bonchev–Trinajstić information content (AvgIpc) is 2.49. The van der Waals surface area contributed by atoms with E-state index in [9.17, 15) is 5.11 Å². The molecule has 0 spiro atoms. The highest BCUT2D eigenvalue weighted by molar-refractivity contribution is 5.84. The largest absolute Gasteiger partial charge is 0.505 e. The van der Waals surface area contributed by atoms with E-state index in [1.807, 2.05) is 44.2 Å². The molecule has 110 valence electrons. The minimum absolute atomic E-state index is 0.206. The predicted octanol–water partition coefficient (Wildman–Crippen LogP) is 3.78. The quantitative estimate of drug-likeness (QED) is 0.870. The van der Waals surface area contributed by atoms with Crippen molar-refractivity contribution in [1.29, 1.82) is 0 Å². The zero-order valence-corrected chi connectivity index (χ0v) is 12.7. The van der Waals surface area contributed by atoms with Crippen molar-refractivity contribution in [3.05, 3.63) is 47.0 Å². The third kappa shape index (κ3) is 3.34. The summed E-state index contributed by atoms with van der Waals surface area (Å²) >= 11 is 0. The second-order valence-corrected chi connectivity index (χ2v) is 4.82. The predicted molar refractivity (Wildman–Crippen MR) is 84.4 cm³/mol. The maximum absolute atomic E-state index is 10.0. The Kier molecular flexibility index (Phi) is 4.48. The van der Waals surface area contributed by atoms with E-state index in [1.54, 1.807) is 20.4 Å². The minimum atomic E-state index is 0.206. The highest BCUT2D eigenvalue weighted by Crippen LogP contribution is 2.31. The van der Waals surface area contributed by atoms with Crippen LogP contribution in [-0.4, -0.2) is 25.5 Å². The second kappa shape index (κ2) is 6.31. The van der Waals surface area contributed by atoms with Gasteiger partial charge in [-0.1, -0.05) is 6.07 Å². The topological polar surface area (TPSA) is 51.0 Å². The van der Waals surface area contributed by atoms with Gasteiger partial charge in [0.1, 0.15) is 11.4 Å². The number of phenolic OH excluding ortho intramolecular Hbond substituents is 1. The van der Waals surface area contributed by atoms with E-state index in [0.29, 0.717) is 17.2 Å². The Hall–Kier alpha value is -2.49. The first kappa shape index (κ1) is 14.9. The molecule has 4 heteroatoms. The maximum Gasteiger partial charge on any atom is 0.161 e. The Morgan fingerprint density at radius 2 is 1.71 bits per heavy atom. The van der Waals surface area contributed by atoms with E-state index in [0.717, 1.165) is 16.7 Å². The number of nitrogens with zero attached hydrogens (tertiary/aromatic N) is 1. The first-order valence-electron chi connectivity index (χ1n) is 6.61. The van der Waals surface area contributed by atoms with Crippen LogP contribution >= 0.6 is 0 Å². The average molecular weight is 285 g/mol. The molecule has 4 nitrogen and oxygen atoms in total. The van der Waals surface area contributed by atoms with Gasteiger partial charge in [-0.3, -0.25) is 4.99 Å². The summed E-state index contributed by atoms with van der Waals surface area (Å²) in [5.74, 6) is 1.52. The van der Waals surface area contributed by atoms with Crippen molar-refractivity contribution >= 4 is 11.9 Å². The number of ether oxygens (including phenoxy) is 2. The summed E-state index contributed by atoms with van der Waals surface area (Å²) in [5, 5.41) is 10.0. The lowest BCUT2D eigenvalue weighted by molar-refractivity contribution is 0.355. The Bertz CT molecular complexity index is 678. The molecule has 2 rings (SSSR count). The van der Waals surface area contributed by atoms with E-state index < -0.39 is 0 Å². The zero-order valence-electron chi connectivity index (χ0n) is 12.7. The minimum Gasteiger partial charge on any atom is -0.505 e. The molecule has 0 radical (unpaired) electrons. The molecule has 0 fully saturated rings. The van der Waals surface area contributed by atoms with Gasteiger partial charge in [0.2, 0.25) is 0 Å². The van der Waals surface area contributed by atoms with Crippen LogP contribution < -0.4 is 9.47 Å². The van der Waals surface area contributed by atoms with Crippen LogP contribution in [0.1, 0.15) is 16.7 Å². The highest BCUT2D eigenvalue weighted by atomic mass is 16.5. The molecule has 0 aliphatic rings. The van der Waals surface area contributed by atoms with Gasteiger partial charge >= 0.3 is 0 Å². The standard InChI is InChI=1S/C17H19NO3/c1-11-7-12(2)17(19)14(8-11)18-10-13-5-6-15(20-3)16(9-13)21-4/h5-10,19H,1-4H3. The van der Waals surface area contributed by atoms with E-state index in [2.05, 4.69) is 4.99 Å². The molecule has 0 aliphatic carbocycles. The van der Waals surface area contributed by atoms with Gasteiger partial charge in [0.05, 0.1) is 14.2 Å². The molecule has 0 saturated heterocycles. The van der Waals surface area contributed by atoms with Crippen LogP contribution in [0, 0.1) is 13.8 Å². The molecule has 1 N–H and O–H groups in total. The zero-order chi connectivity index (χ0) is 15.4.